The normalized spacial score (nSPS) is 38.8. The lowest BCUT2D eigenvalue weighted by Crippen LogP contribution is -2.43. The fourth-order valence-electron chi connectivity index (χ4n) is 5.84. The average molecular weight is 314 g/mol. The zero-order valence-electron chi connectivity index (χ0n) is 14.0. The van der Waals surface area contributed by atoms with Gasteiger partial charge in [-0.1, -0.05) is 13.0 Å². The van der Waals surface area contributed by atoms with E-state index in [2.05, 4.69) is 13.0 Å². The quantitative estimate of drug-likeness (QED) is 0.897. The summed E-state index contributed by atoms with van der Waals surface area (Å²) in [6.45, 7) is 2.90. The predicted octanol–water partition coefficient (Wildman–Crippen LogP) is 4.00. The summed E-state index contributed by atoms with van der Waals surface area (Å²) < 4.78 is 5.47. The number of fused-ring (bicyclic) bond motifs is 5. The highest BCUT2D eigenvalue weighted by Crippen LogP contribution is 2.61. The van der Waals surface area contributed by atoms with Crippen LogP contribution in [0.3, 0.4) is 0 Å². The van der Waals surface area contributed by atoms with E-state index in [0.29, 0.717) is 41.8 Å². The molecule has 4 rings (SSSR count). The van der Waals surface area contributed by atoms with E-state index in [9.17, 15) is 9.90 Å². The van der Waals surface area contributed by atoms with Gasteiger partial charge in [-0.05, 0) is 66.7 Å². The van der Waals surface area contributed by atoms with E-state index in [0.717, 1.165) is 32.1 Å². The Balaban J connectivity index is 1.76. The van der Waals surface area contributed by atoms with Crippen molar-refractivity contribution in [1.82, 2.24) is 0 Å². The summed E-state index contributed by atoms with van der Waals surface area (Å²) in [5, 5.41) is 9.91. The molecule has 2 saturated carbocycles. The maximum absolute atomic E-state index is 12.4. The SMILES string of the molecule is COC[C@@H]1CC2C(CC[C@]3(C)C(=O)CCC23)c2ccc(O)cc21. The van der Waals surface area contributed by atoms with Gasteiger partial charge in [-0.2, -0.15) is 0 Å². The van der Waals surface area contributed by atoms with Gasteiger partial charge >= 0.3 is 0 Å². The first kappa shape index (κ1) is 15.2. The van der Waals surface area contributed by atoms with Crippen molar-refractivity contribution < 1.29 is 14.6 Å². The van der Waals surface area contributed by atoms with E-state index >= 15 is 0 Å². The molecule has 3 heteroatoms. The molecule has 0 bridgehead atoms. The van der Waals surface area contributed by atoms with Gasteiger partial charge in [0, 0.05) is 24.9 Å². The van der Waals surface area contributed by atoms with Gasteiger partial charge in [0.1, 0.15) is 11.5 Å². The molecule has 2 fully saturated rings. The van der Waals surface area contributed by atoms with Crippen molar-refractivity contribution in [2.45, 2.75) is 50.9 Å². The smallest absolute Gasteiger partial charge is 0.139 e. The number of ether oxygens (including phenoxy) is 1. The molecule has 3 nitrogen and oxygen atoms in total. The Hall–Kier alpha value is -1.35. The van der Waals surface area contributed by atoms with E-state index in [1.807, 2.05) is 12.1 Å². The largest absolute Gasteiger partial charge is 0.508 e. The average Bonchev–Trinajstić information content (AvgIpc) is 2.83. The summed E-state index contributed by atoms with van der Waals surface area (Å²) in [4.78, 5) is 12.4. The van der Waals surface area contributed by atoms with Crippen LogP contribution in [0.4, 0.5) is 0 Å². The van der Waals surface area contributed by atoms with E-state index in [-0.39, 0.29) is 5.41 Å². The minimum atomic E-state index is -0.0901. The molecule has 0 saturated heterocycles. The molecule has 1 N–H and O–H groups in total. The monoisotopic (exact) mass is 314 g/mol. The van der Waals surface area contributed by atoms with Gasteiger partial charge in [-0.25, -0.2) is 0 Å². The third-order valence-electron chi connectivity index (χ3n) is 6.98. The Morgan fingerprint density at radius 2 is 2.13 bits per heavy atom. The van der Waals surface area contributed by atoms with Crippen molar-refractivity contribution >= 4 is 5.78 Å². The second kappa shape index (κ2) is 5.34. The van der Waals surface area contributed by atoms with Crippen LogP contribution < -0.4 is 0 Å². The van der Waals surface area contributed by atoms with Crippen LogP contribution in [0, 0.1) is 17.3 Å². The van der Waals surface area contributed by atoms with Gasteiger partial charge < -0.3 is 9.84 Å². The number of ketones is 1. The van der Waals surface area contributed by atoms with Crippen molar-refractivity contribution in [3.63, 3.8) is 0 Å². The Labute approximate surface area is 138 Å². The molecule has 0 amide bonds. The van der Waals surface area contributed by atoms with Crippen LogP contribution in [0.15, 0.2) is 18.2 Å². The maximum Gasteiger partial charge on any atom is 0.139 e. The lowest BCUT2D eigenvalue weighted by Gasteiger charge is -2.50. The first-order valence-electron chi connectivity index (χ1n) is 8.89. The molecular formula is C20H26O3. The summed E-state index contributed by atoms with van der Waals surface area (Å²) in [5.41, 5.74) is 2.57. The molecule has 3 unspecified atom stereocenters. The number of carbonyl (C=O) groups is 1. The summed E-state index contributed by atoms with van der Waals surface area (Å²) in [6.07, 6.45) is 5.03. The van der Waals surface area contributed by atoms with Crippen LogP contribution in [-0.4, -0.2) is 24.6 Å². The van der Waals surface area contributed by atoms with Gasteiger partial charge in [0.2, 0.25) is 0 Å². The molecule has 0 aliphatic heterocycles. The van der Waals surface area contributed by atoms with Crippen LogP contribution in [0.25, 0.3) is 0 Å². The minimum Gasteiger partial charge on any atom is -0.508 e. The fourth-order valence-corrected chi connectivity index (χ4v) is 5.84. The first-order valence-corrected chi connectivity index (χ1v) is 8.89. The predicted molar refractivity (Wildman–Crippen MR) is 88.6 cm³/mol. The lowest BCUT2D eigenvalue weighted by atomic mass is 9.54. The maximum atomic E-state index is 12.4. The number of phenols is 1. The first-order chi connectivity index (χ1) is 11.0. The van der Waals surface area contributed by atoms with E-state index < -0.39 is 0 Å². The van der Waals surface area contributed by atoms with Gasteiger partial charge in [-0.15, -0.1) is 0 Å². The minimum absolute atomic E-state index is 0.0901. The van der Waals surface area contributed by atoms with Crippen molar-refractivity contribution in [3.05, 3.63) is 29.3 Å². The van der Waals surface area contributed by atoms with Crippen LogP contribution in [0.5, 0.6) is 5.75 Å². The van der Waals surface area contributed by atoms with Crippen molar-refractivity contribution in [1.29, 1.82) is 0 Å². The Bertz CT molecular complexity index is 638. The number of benzene rings is 1. The number of carbonyl (C=O) groups excluding carboxylic acids is 1. The summed E-state index contributed by atoms with van der Waals surface area (Å²) in [7, 11) is 1.75. The van der Waals surface area contributed by atoms with E-state index in [1.54, 1.807) is 7.11 Å². The standard InChI is InChI=1S/C20H26O3/c1-20-8-7-15-14-4-3-13(21)10-16(14)12(11-23-2)9-17(15)18(20)5-6-19(20)22/h3-4,10,12,15,17-18,21H,5-9,11H2,1-2H3/t12-,15?,17?,18?,20-/m0/s1. The Kier molecular flexibility index (Phi) is 3.53. The number of methoxy groups -OCH3 is 1. The zero-order valence-corrected chi connectivity index (χ0v) is 14.0. The molecule has 1 aromatic carbocycles. The number of hydrogen-bond acceptors (Lipinski definition) is 3. The van der Waals surface area contributed by atoms with Gasteiger partial charge in [0.25, 0.3) is 0 Å². The second-order valence-electron chi connectivity index (χ2n) is 8.00. The van der Waals surface area contributed by atoms with Crippen molar-refractivity contribution in [2.24, 2.45) is 17.3 Å². The topological polar surface area (TPSA) is 46.5 Å². The summed E-state index contributed by atoms with van der Waals surface area (Å²) in [6, 6.07) is 5.87. The van der Waals surface area contributed by atoms with E-state index in [1.165, 1.54) is 11.1 Å². The Morgan fingerprint density at radius 3 is 2.91 bits per heavy atom. The highest BCUT2D eigenvalue weighted by atomic mass is 16.5. The molecule has 1 aromatic rings. The molecule has 5 atom stereocenters. The molecule has 0 spiro atoms. The summed E-state index contributed by atoms with van der Waals surface area (Å²) in [5.74, 6) is 2.82. The van der Waals surface area contributed by atoms with Gasteiger partial charge in [-0.3, -0.25) is 4.79 Å². The third kappa shape index (κ3) is 2.16. The van der Waals surface area contributed by atoms with Crippen molar-refractivity contribution in [2.75, 3.05) is 13.7 Å². The Morgan fingerprint density at radius 1 is 1.30 bits per heavy atom. The van der Waals surface area contributed by atoms with Crippen molar-refractivity contribution in [3.8, 4) is 5.75 Å². The molecule has 0 heterocycles. The van der Waals surface area contributed by atoms with Gasteiger partial charge in [0.15, 0.2) is 0 Å². The fraction of sp³-hybridized carbons (Fsp3) is 0.650. The number of rotatable bonds is 2. The summed E-state index contributed by atoms with van der Waals surface area (Å²) >= 11 is 0. The molecular weight excluding hydrogens is 288 g/mol. The molecule has 124 valence electrons. The number of hydrogen-bond donors (Lipinski definition) is 1. The molecule has 3 aliphatic rings. The zero-order chi connectivity index (χ0) is 16.2. The molecule has 3 aliphatic carbocycles. The highest BCUT2D eigenvalue weighted by molar-refractivity contribution is 5.87. The lowest BCUT2D eigenvalue weighted by molar-refractivity contribution is -0.129. The van der Waals surface area contributed by atoms with Gasteiger partial charge in [0.05, 0.1) is 6.61 Å². The highest BCUT2D eigenvalue weighted by Gasteiger charge is 2.55. The number of aromatic hydroxyl groups is 1. The van der Waals surface area contributed by atoms with Crippen LogP contribution in [0.1, 0.15) is 62.0 Å². The van der Waals surface area contributed by atoms with Crippen LogP contribution in [0.2, 0.25) is 0 Å². The van der Waals surface area contributed by atoms with Crippen LogP contribution in [-0.2, 0) is 9.53 Å². The number of Topliss-reactive ketones (excluding diaryl/α,β-unsaturated/α-hetero) is 1. The molecule has 0 aromatic heterocycles. The third-order valence-corrected chi connectivity index (χ3v) is 6.98. The van der Waals surface area contributed by atoms with E-state index in [4.69, 9.17) is 4.74 Å². The second-order valence-corrected chi connectivity index (χ2v) is 8.00. The molecule has 0 radical (unpaired) electrons. The molecule has 23 heavy (non-hydrogen) atoms. The van der Waals surface area contributed by atoms with Crippen LogP contribution >= 0.6 is 0 Å². The number of phenolic OH excluding ortho intramolecular Hbond substituents is 1.